The number of amides is 1. The third-order valence-corrected chi connectivity index (χ3v) is 2.03. The molecule has 8 heteroatoms. The number of hydrogen-bond donors (Lipinski definition) is 2. The lowest BCUT2D eigenvalue weighted by molar-refractivity contribution is -0.149. The Morgan fingerprint density at radius 1 is 1.44 bits per heavy atom. The second kappa shape index (κ2) is 9.12. The largest absolute Gasteiger partial charge is 0.401 e. The first-order chi connectivity index (χ1) is 8.39. The van der Waals surface area contributed by atoms with E-state index in [9.17, 15) is 18.0 Å². The number of aliphatic hydroxyl groups excluding tert-OH is 1. The van der Waals surface area contributed by atoms with Crippen LogP contribution in [0.15, 0.2) is 0 Å². The molecule has 0 bridgehead atoms. The van der Waals surface area contributed by atoms with Gasteiger partial charge in [0.25, 0.3) is 0 Å². The Kier molecular flexibility index (Phi) is 8.69. The number of methoxy groups -OCH3 is 1. The van der Waals surface area contributed by atoms with Gasteiger partial charge in [-0.25, -0.2) is 0 Å². The van der Waals surface area contributed by atoms with Gasteiger partial charge in [-0.05, 0) is 6.42 Å². The van der Waals surface area contributed by atoms with Gasteiger partial charge in [0.2, 0.25) is 5.91 Å². The summed E-state index contributed by atoms with van der Waals surface area (Å²) in [6.07, 6.45) is -3.78. The Balaban J connectivity index is 3.96. The third-order valence-electron chi connectivity index (χ3n) is 2.03. The molecule has 0 aromatic rings. The van der Waals surface area contributed by atoms with Crippen LogP contribution >= 0.6 is 0 Å². The highest BCUT2D eigenvalue weighted by molar-refractivity contribution is 5.77. The summed E-state index contributed by atoms with van der Waals surface area (Å²) in [5.74, 6) is -0.496. The fourth-order valence-electron chi connectivity index (χ4n) is 1.31. The zero-order chi connectivity index (χ0) is 14.0. The summed E-state index contributed by atoms with van der Waals surface area (Å²) in [6.45, 7) is -1.38. The van der Waals surface area contributed by atoms with Gasteiger partial charge in [0.1, 0.15) is 0 Å². The highest BCUT2D eigenvalue weighted by atomic mass is 19.4. The SMILES string of the molecule is COCCCNC(=O)CN(CCO)CC(F)(F)F. The number of nitrogens with zero attached hydrogens (tertiary/aromatic N) is 1. The van der Waals surface area contributed by atoms with Crippen LogP contribution in [0.1, 0.15) is 6.42 Å². The van der Waals surface area contributed by atoms with E-state index in [1.807, 2.05) is 0 Å². The molecule has 0 saturated carbocycles. The molecule has 0 spiro atoms. The minimum Gasteiger partial charge on any atom is -0.395 e. The lowest BCUT2D eigenvalue weighted by Crippen LogP contribution is -2.43. The number of rotatable bonds is 9. The first kappa shape index (κ1) is 17.1. The topological polar surface area (TPSA) is 61.8 Å². The summed E-state index contributed by atoms with van der Waals surface area (Å²) in [4.78, 5) is 12.2. The van der Waals surface area contributed by atoms with Crippen LogP contribution in [0.4, 0.5) is 13.2 Å². The van der Waals surface area contributed by atoms with Gasteiger partial charge in [-0.15, -0.1) is 0 Å². The van der Waals surface area contributed by atoms with E-state index in [4.69, 9.17) is 9.84 Å². The highest BCUT2D eigenvalue weighted by Crippen LogP contribution is 2.15. The van der Waals surface area contributed by atoms with E-state index in [0.717, 1.165) is 4.90 Å². The summed E-state index contributed by atoms with van der Waals surface area (Å²) in [5, 5.41) is 11.1. The van der Waals surface area contributed by atoms with Crippen molar-refractivity contribution < 1.29 is 27.8 Å². The smallest absolute Gasteiger partial charge is 0.395 e. The van der Waals surface area contributed by atoms with Crippen molar-refractivity contribution in [3.63, 3.8) is 0 Å². The lowest BCUT2D eigenvalue weighted by atomic mass is 10.4. The number of carbonyl (C=O) groups is 1. The van der Waals surface area contributed by atoms with Crippen molar-refractivity contribution in [2.24, 2.45) is 0 Å². The fraction of sp³-hybridized carbons (Fsp3) is 0.900. The van der Waals surface area contributed by atoms with E-state index >= 15 is 0 Å². The molecule has 1 amide bonds. The maximum Gasteiger partial charge on any atom is 0.401 e. The minimum absolute atomic E-state index is 0.189. The van der Waals surface area contributed by atoms with Gasteiger partial charge in [0, 0.05) is 26.8 Å². The summed E-state index contributed by atoms with van der Waals surface area (Å²) < 4.78 is 41.2. The number of carbonyl (C=O) groups excluding carboxylic acids is 1. The van der Waals surface area contributed by atoms with E-state index in [1.165, 1.54) is 7.11 Å². The standard InChI is InChI=1S/C10H19F3N2O3/c1-18-6-2-3-14-9(17)7-15(4-5-16)8-10(11,12)13/h16H,2-8H2,1H3,(H,14,17). The molecular weight excluding hydrogens is 253 g/mol. The quantitative estimate of drug-likeness (QED) is 0.580. The Labute approximate surface area is 104 Å². The number of halogens is 3. The van der Waals surface area contributed by atoms with Crippen LogP contribution < -0.4 is 5.32 Å². The number of nitrogens with one attached hydrogen (secondary N) is 1. The molecular formula is C10H19F3N2O3. The molecule has 0 aromatic carbocycles. The zero-order valence-electron chi connectivity index (χ0n) is 10.3. The van der Waals surface area contributed by atoms with Crippen LogP contribution in [0.3, 0.4) is 0 Å². The lowest BCUT2D eigenvalue weighted by Gasteiger charge is -2.21. The summed E-state index contributed by atoms with van der Waals surface area (Å²) in [7, 11) is 1.52. The number of alkyl halides is 3. The van der Waals surface area contributed by atoms with Crippen LogP contribution in [0.2, 0.25) is 0 Å². The summed E-state index contributed by atoms with van der Waals surface area (Å²) in [6, 6.07) is 0. The van der Waals surface area contributed by atoms with Gasteiger partial charge >= 0.3 is 6.18 Å². The Bertz CT molecular complexity index is 237. The number of ether oxygens (including phenoxy) is 1. The van der Waals surface area contributed by atoms with Gasteiger partial charge in [-0.2, -0.15) is 13.2 Å². The van der Waals surface area contributed by atoms with Crippen molar-refractivity contribution in [1.82, 2.24) is 10.2 Å². The predicted molar refractivity (Wildman–Crippen MR) is 59.1 cm³/mol. The summed E-state index contributed by atoms with van der Waals surface area (Å²) in [5.41, 5.74) is 0. The minimum atomic E-state index is -4.38. The van der Waals surface area contributed by atoms with Gasteiger partial charge in [-0.1, -0.05) is 0 Å². The van der Waals surface area contributed by atoms with Gasteiger partial charge in [0.05, 0.1) is 19.7 Å². The molecule has 0 aliphatic rings. The second-order valence-corrected chi connectivity index (χ2v) is 3.75. The normalized spacial score (nSPS) is 11.9. The van der Waals surface area contributed by atoms with E-state index in [0.29, 0.717) is 19.6 Å². The van der Waals surface area contributed by atoms with Crippen molar-refractivity contribution in [1.29, 1.82) is 0 Å². The zero-order valence-corrected chi connectivity index (χ0v) is 10.3. The average Bonchev–Trinajstić information content (AvgIpc) is 2.22. The molecule has 0 atom stereocenters. The molecule has 0 heterocycles. The van der Waals surface area contributed by atoms with Crippen LogP contribution in [-0.2, 0) is 9.53 Å². The van der Waals surface area contributed by atoms with E-state index in [2.05, 4.69) is 5.32 Å². The molecule has 0 radical (unpaired) electrons. The third kappa shape index (κ3) is 10.3. The van der Waals surface area contributed by atoms with Crippen molar-refractivity contribution in [2.75, 3.05) is 46.5 Å². The molecule has 0 fully saturated rings. The van der Waals surface area contributed by atoms with E-state index < -0.39 is 25.2 Å². The van der Waals surface area contributed by atoms with Crippen LogP contribution in [-0.4, -0.2) is 68.6 Å². The molecule has 0 rings (SSSR count). The van der Waals surface area contributed by atoms with E-state index in [1.54, 1.807) is 0 Å². The molecule has 0 aliphatic carbocycles. The monoisotopic (exact) mass is 272 g/mol. The maximum atomic E-state index is 12.2. The van der Waals surface area contributed by atoms with Crippen molar-refractivity contribution in [3.05, 3.63) is 0 Å². The molecule has 5 nitrogen and oxygen atoms in total. The average molecular weight is 272 g/mol. The molecule has 108 valence electrons. The molecule has 0 unspecified atom stereocenters. The van der Waals surface area contributed by atoms with Gasteiger partial charge in [0.15, 0.2) is 0 Å². The molecule has 0 aromatic heterocycles. The molecule has 0 saturated heterocycles. The maximum absolute atomic E-state index is 12.2. The Hall–Kier alpha value is -0.860. The predicted octanol–water partition coefficient (Wildman–Crippen LogP) is -0.00430. The molecule has 0 aliphatic heterocycles. The second-order valence-electron chi connectivity index (χ2n) is 3.75. The first-order valence-electron chi connectivity index (χ1n) is 5.54. The number of hydrogen-bond acceptors (Lipinski definition) is 4. The van der Waals surface area contributed by atoms with Crippen molar-refractivity contribution in [3.8, 4) is 0 Å². The van der Waals surface area contributed by atoms with Gasteiger partial charge < -0.3 is 15.2 Å². The van der Waals surface area contributed by atoms with Crippen LogP contribution in [0.5, 0.6) is 0 Å². The summed E-state index contributed by atoms with van der Waals surface area (Å²) >= 11 is 0. The van der Waals surface area contributed by atoms with Crippen molar-refractivity contribution >= 4 is 5.91 Å². The number of aliphatic hydroxyl groups is 1. The van der Waals surface area contributed by atoms with E-state index in [-0.39, 0.29) is 13.1 Å². The Morgan fingerprint density at radius 3 is 2.61 bits per heavy atom. The fourth-order valence-corrected chi connectivity index (χ4v) is 1.31. The van der Waals surface area contributed by atoms with Crippen molar-refractivity contribution in [2.45, 2.75) is 12.6 Å². The molecule has 2 N–H and O–H groups in total. The highest BCUT2D eigenvalue weighted by Gasteiger charge is 2.31. The van der Waals surface area contributed by atoms with Crippen LogP contribution in [0, 0.1) is 0 Å². The first-order valence-corrected chi connectivity index (χ1v) is 5.54. The molecule has 18 heavy (non-hydrogen) atoms. The van der Waals surface area contributed by atoms with Crippen LogP contribution in [0.25, 0.3) is 0 Å². The van der Waals surface area contributed by atoms with Gasteiger partial charge in [-0.3, -0.25) is 9.69 Å². The Morgan fingerprint density at radius 2 is 2.11 bits per heavy atom.